The molecule has 0 saturated heterocycles. The van der Waals surface area contributed by atoms with Crippen LogP contribution in [0.4, 0.5) is 5.82 Å². The van der Waals surface area contributed by atoms with E-state index in [0.717, 1.165) is 48.8 Å². The van der Waals surface area contributed by atoms with Gasteiger partial charge in [-0.3, -0.25) is 4.79 Å². The largest absolute Gasteiger partial charge is 0.469 e. The Morgan fingerprint density at radius 3 is 3.08 bits per heavy atom. The van der Waals surface area contributed by atoms with E-state index in [4.69, 9.17) is 0 Å². The summed E-state index contributed by atoms with van der Waals surface area (Å²) >= 11 is 1.83. The number of carbonyl (C=O) groups is 1. The van der Waals surface area contributed by atoms with Crippen molar-refractivity contribution in [2.75, 3.05) is 19.0 Å². The topological polar surface area (TPSA) is 64.1 Å². The summed E-state index contributed by atoms with van der Waals surface area (Å²) in [5.41, 5.74) is 1.46. The molecule has 6 heteroatoms. The third-order valence-electron chi connectivity index (χ3n) is 4.67. The van der Waals surface area contributed by atoms with Crippen LogP contribution in [0, 0.1) is 5.92 Å². The molecule has 0 radical (unpaired) electrons. The summed E-state index contributed by atoms with van der Waals surface area (Å²) in [6.45, 7) is 3.20. The van der Waals surface area contributed by atoms with Gasteiger partial charge in [0, 0.05) is 17.8 Å². The molecule has 0 aromatic carbocycles. The van der Waals surface area contributed by atoms with Crippen LogP contribution < -0.4 is 5.32 Å². The Hall–Kier alpha value is -1.69. The lowest BCUT2D eigenvalue weighted by atomic mass is 9.89. The van der Waals surface area contributed by atoms with Gasteiger partial charge < -0.3 is 10.1 Å². The molecule has 1 N–H and O–H groups in total. The molecule has 3 rings (SSSR count). The molecule has 5 nitrogen and oxygen atoms in total. The molecule has 130 valence electrons. The third-order valence-corrected chi connectivity index (χ3v) is 5.83. The predicted octanol–water partition coefficient (Wildman–Crippen LogP) is 3.96. The first-order valence-electron chi connectivity index (χ1n) is 8.75. The maximum Gasteiger partial charge on any atom is 0.305 e. The van der Waals surface area contributed by atoms with E-state index in [1.54, 1.807) is 6.33 Å². The van der Waals surface area contributed by atoms with E-state index in [1.807, 2.05) is 11.3 Å². The summed E-state index contributed by atoms with van der Waals surface area (Å²) in [5, 5.41) is 4.71. The van der Waals surface area contributed by atoms with Crippen molar-refractivity contribution in [3.63, 3.8) is 0 Å². The van der Waals surface area contributed by atoms with Crippen molar-refractivity contribution in [2.24, 2.45) is 5.92 Å². The van der Waals surface area contributed by atoms with E-state index >= 15 is 0 Å². The van der Waals surface area contributed by atoms with Gasteiger partial charge in [-0.25, -0.2) is 9.97 Å². The van der Waals surface area contributed by atoms with Gasteiger partial charge in [0.15, 0.2) is 0 Å². The Kier molecular flexibility index (Phi) is 5.66. The molecule has 0 aliphatic heterocycles. The second kappa shape index (κ2) is 7.92. The van der Waals surface area contributed by atoms with Gasteiger partial charge in [0.05, 0.1) is 12.5 Å². The van der Waals surface area contributed by atoms with Crippen molar-refractivity contribution in [2.45, 2.75) is 51.9 Å². The van der Waals surface area contributed by atoms with E-state index in [2.05, 4.69) is 26.9 Å². The number of nitrogens with one attached hydrogen (secondary N) is 1. The first kappa shape index (κ1) is 17.1. The minimum Gasteiger partial charge on any atom is -0.469 e. The lowest BCUT2D eigenvalue weighted by Gasteiger charge is -2.18. The summed E-state index contributed by atoms with van der Waals surface area (Å²) in [5.74, 6) is 1.62. The summed E-state index contributed by atoms with van der Waals surface area (Å²) in [6.07, 6.45) is 8.63. The number of esters is 1. The number of rotatable bonds is 7. The molecule has 1 aliphatic rings. The Morgan fingerprint density at radius 2 is 2.25 bits per heavy atom. The zero-order valence-corrected chi connectivity index (χ0v) is 15.2. The molecule has 24 heavy (non-hydrogen) atoms. The second-order valence-electron chi connectivity index (χ2n) is 6.57. The van der Waals surface area contributed by atoms with E-state index in [-0.39, 0.29) is 5.97 Å². The lowest BCUT2D eigenvalue weighted by molar-refractivity contribution is -0.140. The lowest BCUT2D eigenvalue weighted by Crippen LogP contribution is -2.10. The van der Waals surface area contributed by atoms with Crippen LogP contribution in [-0.2, 0) is 22.4 Å². The second-order valence-corrected chi connectivity index (χ2v) is 7.65. The molecule has 0 unspecified atom stereocenters. The number of methoxy groups -OCH3 is 1. The molecule has 0 fully saturated rings. The quantitative estimate of drug-likeness (QED) is 0.607. The Balaban J connectivity index is 1.60. The van der Waals surface area contributed by atoms with Crippen molar-refractivity contribution in [3.05, 3.63) is 16.8 Å². The predicted molar refractivity (Wildman–Crippen MR) is 97.6 cm³/mol. The van der Waals surface area contributed by atoms with Gasteiger partial charge in [0.2, 0.25) is 0 Å². The highest BCUT2D eigenvalue weighted by Crippen LogP contribution is 2.39. The normalized spacial score (nSPS) is 16.8. The SMILES string of the molecule is COC(=O)CCCCCNc1ncnc2sc3c(c12)CC[C@@H](C)C3. The van der Waals surface area contributed by atoms with Crippen LogP contribution in [0.1, 0.15) is 49.5 Å². The van der Waals surface area contributed by atoms with Gasteiger partial charge in [-0.2, -0.15) is 0 Å². The van der Waals surface area contributed by atoms with Crippen LogP contribution >= 0.6 is 11.3 Å². The smallest absolute Gasteiger partial charge is 0.305 e. The van der Waals surface area contributed by atoms with Crippen LogP contribution in [-0.4, -0.2) is 29.6 Å². The van der Waals surface area contributed by atoms with E-state index in [0.29, 0.717) is 6.42 Å². The summed E-state index contributed by atoms with van der Waals surface area (Å²) in [4.78, 5) is 22.6. The first-order chi connectivity index (χ1) is 11.7. The number of fused-ring (bicyclic) bond motifs is 3. The number of anilines is 1. The van der Waals surface area contributed by atoms with Crippen molar-refractivity contribution in [1.29, 1.82) is 0 Å². The monoisotopic (exact) mass is 347 g/mol. The standard InChI is InChI=1S/C18H25N3O2S/c1-12-7-8-13-14(10-12)24-18-16(13)17(20-11-21-18)19-9-5-3-4-6-15(22)23-2/h11-12H,3-10H2,1-2H3,(H,19,20,21)/t12-/m1/s1. The molecule has 2 heterocycles. The van der Waals surface area contributed by atoms with Crippen LogP contribution in [0.2, 0.25) is 0 Å². The average molecular weight is 347 g/mol. The fourth-order valence-corrected chi connectivity index (χ4v) is 4.64. The Labute approximate surface area is 146 Å². The average Bonchev–Trinajstić information content (AvgIpc) is 2.95. The molecular formula is C18H25N3O2S. The summed E-state index contributed by atoms with van der Waals surface area (Å²) in [7, 11) is 1.44. The molecular weight excluding hydrogens is 322 g/mol. The van der Waals surface area contributed by atoms with Crippen molar-refractivity contribution in [1.82, 2.24) is 9.97 Å². The van der Waals surface area contributed by atoms with Gasteiger partial charge >= 0.3 is 5.97 Å². The van der Waals surface area contributed by atoms with Gasteiger partial charge in [-0.1, -0.05) is 13.3 Å². The minimum atomic E-state index is -0.125. The summed E-state index contributed by atoms with van der Waals surface area (Å²) in [6, 6.07) is 0. The molecule has 0 saturated carbocycles. The third kappa shape index (κ3) is 3.86. The number of hydrogen-bond acceptors (Lipinski definition) is 6. The number of thiophene rings is 1. The highest BCUT2D eigenvalue weighted by atomic mass is 32.1. The fourth-order valence-electron chi connectivity index (χ4n) is 3.29. The number of aromatic nitrogens is 2. The van der Waals surface area contributed by atoms with Crippen LogP contribution in [0.3, 0.4) is 0 Å². The molecule has 0 spiro atoms. The Bertz CT molecular complexity index is 714. The van der Waals surface area contributed by atoms with Gasteiger partial charge in [-0.05, 0) is 43.6 Å². The van der Waals surface area contributed by atoms with Crippen LogP contribution in [0.15, 0.2) is 6.33 Å². The summed E-state index contributed by atoms with van der Waals surface area (Å²) < 4.78 is 4.66. The number of unbranched alkanes of at least 4 members (excludes halogenated alkanes) is 2. The highest BCUT2D eigenvalue weighted by molar-refractivity contribution is 7.19. The molecule has 0 bridgehead atoms. The molecule has 1 aliphatic carbocycles. The van der Waals surface area contributed by atoms with E-state index < -0.39 is 0 Å². The van der Waals surface area contributed by atoms with Crippen LogP contribution in [0.5, 0.6) is 0 Å². The number of aryl methyl sites for hydroxylation is 1. The Morgan fingerprint density at radius 1 is 1.38 bits per heavy atom. The van der Waals surface area contributed by atoms with E-state index in [9.17, 15) is 4.79 Å². The van der Waals surface area contributed by atoms with Crippen molar-refractivity contribution >= 4 is 33.3 Å². The van der Waals surface area contributed by atoms with Crippen molar-refractivity contribution in [3.8, 4) is 0 Å². The fraction of sp³-hybridized carbons (Fsp3) is 0.611. The number of nitrogens with zero attached hydrogens (tertiary/aromatic N) is 2. The molecule has 2 aromatic heterocycles. The van der Waals surface area contributed by atoms with Gasteiger partial charge in [0.1, 0.15) is 17.0 Å². The molecule has 2 aromatic rings. The number of hydrogen-bond donors (Lipinski definition) is 1. The molecule has 0 amide bonds. The maximum atomic E-state index is 11.1. The number of carbonyl (C=O) groups excluding carboxylic acids is 1. The zero-order valence-electron chi connectivity index (χ0n) is 14.4. The van der Waals surface area contributed by atoms with Crippen LogP contribution in [0.25, 0.3) is 10.2 Å². The van der Waals surface area contributed by atoms with Crippen molar-refractivity contribution < 1.29 is 9.53 Å². The van der Waals surface area contributed by atoms with Gasteiger partial charge in [-0.15, -0.1) is 11.3 Å². The first-order valence-corrected chi connectivity index (χ1v) is 9.56. The number of ether oxygens (including phenoxy) is 1. The maximum absolute atomic E-state index is 11.1. The van der Waals surface area contributed by atoms with E-state index in [1.165, 1.54) is 35.8 Å². The molecule has 1 atom stereocenters. The highest BCUT2D eigenvalue weighted by Gasteiger charge is 2.22. The minimum absolute atomic E-state index is 0.125. The van der Waals surface area contributed by atoms with Gasteiger partial charge in [0.25, 0.3) is 0 Å². The zero-order chi connectivity index (χ0) is 16.9.